The van der Waals surface area contributed by atoms with Crippen molar-refractivity contribution in [2.45, 2.75) is 31.7 Å². The zero-order chi connectivity index (χ0) is 11.2. The van der Waals surface area contributed by atoms with Crippen molar-refractivity contribution in [1.82, 2.24) is 4.90 Å². The summed E-state index contributed by atoms with van der Waals surface area (Å²) in [6.07, 6.45) is 4.66. The summed E-state index contributed by atoms with van der Waals surface area (Å²) in [7, 11) is 0. The summed E-state index contributed by atoms with van der Waals surface area (Å²) in [6, 6.07) is 12.8. The highest BCUT2D eigenvalue weighted by molar-refractivity contribution is 5.18. The minimum Gasteiger partial charge on any atom is -0.288 e. The van der Waals surface area contributed by atoms with Gasteiger partial charge in [-0.15, -0.1) is 0 Å². The number of hydrogen-bond donors (Lipinski definition) is 0. The topological polar surface area (TPSA) is 27.0 Å². The molecule has 1 aliphatic rings. The van der Waals surface area contributed by atoms with Crippen molar-refractivity contribution in [3.63, 3.8) is 0 Å². The summed E-state index contributed by atoms with van der Waals surface area (Å²) in [5, 5.41) is 9.25. The third-order valence-corrected chi connectivity index (χ3v) is 3.25. The smallest absolute Gasteiger partial charge is 0.102 e. The summed E-state index contributed by atoms with van der Waals surface area (Å²) in [5.74, 6) is 0. The first kappa shape index (κ1) is 11.2. The third kappa shape index (κ3) is 2.84. The van der Waals surface area contributed by atoms with E-state index in [9.17, 15) is 5.26 Å². The van der Waals surface area contributed by atoms with Gasteiger partial charge in [0.25, 0.3) is 0 Å². The van der Waals surface area contributed by atoms with Gasteiger partial charge in [0.15, 0.2) is 0 Å². The van der Waals surface area contributed by atoms with Crippen molar-refractivity contribution in [2.24, 2.45) is 0 Å². The Morgan fingerprint density at radius 2 is 1.81 bits per heavy atom. The zero-order valence-corrected chi connectivity index (χ0v) is 9.60. The van der Waals surface area contributed by atoms with Crippen LogP contribution in [0.4, 0.5) is 0 Å². The maximum atomic E-state index is 9.25. The van der Waals surface area contributed by atoms with Crippen LogP contribution in [0.2, 0.25) is 0 Å². The summed E-state index contributed by atoms with van der Waals surface area (Å²) in [6.45, 7) is 2.18. The van der Waals surface area contributed by atoms with Gasteiger partial charge < -0.3 is 0 Å². The second-order valence-corrected chi connectivity index (χ2v) is 4.43. The van der Waals surface area contributed by atoms with Gasteiger partial charge >= 0.3 is 0 Å². The molecule has 0 bridgehead atoms. The summed E-state index contributed by atoms with van der Waals surface area (Å²) in [4.78, 5) is 2.33. The average Bonchev–Trinajstić information content (AvgIpc) is 2.38. The Labute approximate surface area is 97.5 Å². The fourth-order valence-electron chi connectivity index (χ4n) is 2.32. The lowest BCUT2D eigenvalue weighted by Gasteiger charge is -2.30. The van der Waals surface area contributed by atoms with Crippen LogP contribution < -0.4 is 0 Å². The van der Waals surface area contributed by atoms with Gasteiger partial charge in [-0.25, -0.2) is 0 Å². The van der Waals surface area contributed by atoms with Crippen molar-refractivity contribution in [2.75, 3.05) is 13.1 Å². The van der Waals surface area contributed by atoms with Crippen molar-refractivity contribution in [3.8, 4) is 6.07 Å². The predicted molar refractivity (Wildman–Crippen MR) is 65.0 cm³/mol. The molecule has 2 nitrogen and oxygen atoms in total. The van der Waals surface area contributed by atoms with Gasteiger partial charge in [0.2, 0.25) is 0 Å². The van der Waals surface area contributed by atoms with E-state index in [-0.39, 0.29) is 6.04 Å². The van der Waals surface area contributed by atoms with E-state index < -0.39 is 0 Å². The lowest BCUT2D eigenvalue weighted by Crippen LogP contribution is -2.39. The van der Waals surface area contributed by atoms with Gasteiger partial charge in [-0.2, -0.15) is 5.26 Å². The molecule has 1 aromatic rings. The van der Waals surface area contributed by atoms with Gasteiger partial charge in [-0.1, -0.05) is 36.8 Å². The van der Waals surface area contributed by atoms with E-state index in [4.69, 9.17) is 0 Å². The van der Waals surface area contributed by atoms with Crippen molar-refractivity contribution in [1.29, 1.82) is 5.26 Å². The first-order valence-corrected chi connectivity index (χ1v) is 6.08. The molecular weight excluding hydrogens is 196 g/mol. The van der Waals surface area contributed by atoms with Gasteiger partial charge in [0, 0.05) is 6.42 Å². The number of rotatable bonds is 3. The zero-order valence-electron chi connectivity index (χ0n) is 9.60. The normalized spacial score (nSPS) is 18.9. The molecule has 2 heteroatoms. The SMILES string of the molecule is N#C[C@@H](Cc1ccccc1)N1CCCCC1. The molecular formula is C14H18N2. The number of nitrogens with zero attached hydrogens (tertiary/aromatic N) is 2. The molecule has 2 rings (SSSR count). The Kier molecular flexibility index (Phi) is 3.96. The van der Waals surface area contributed by atoms with Crippen LogP contribution in [0, 0.1) is 11.3 Å². The van der Waals surface area contributed by atoms with Gasteiger partial charge in [0.05, 0.1) is 6.07 Å². The maximum absolute atomic E-state index is 9.25. The Bertz CT molecular complexity index is 347. The number of likely N-dealkylation sites (tertiary alicyclic amines) is 1. The molecule has 0 radical (unpaired) electrons. The predicted octanol–water partition coefficient (Wildman–Crippen LogP) is 2.61. The molecule has 1 fully saturated rings. The van der Waals surface area contributed by atoms with Crippen molar-refractivity contribution in [3.05, 3.63) is 35.9 Å². The van der Waals surface area contributed by atoms with Gasteiger partial charge in [-0.05, 0) is 31.5 Å². The van der Waals surface area contributed by atoms with E-state index in [1.807, 2.05) is 18.2 Å². The van der Waals surface area contributed by atoms with Crippen LogP contribution in [0.15, 0.2) is 30.3 Å². The summed E-state index contributed by atoms with van der Waals surface area (Å²) >= 11 is 0. The number of nitriles is 1. The molecule has 1 atom stereocenters. The quantitative estimate of drug-likeness (QED) is 0.773. The van der Waals surface area contributed by atoms with E-state index >= 15 is 0 Å². The first-order chi connectivity index (χ1) is 7.90. The molecule has 0 aliphatic carbocycles. The molecule has 0 saturated carbocycles. The minimum absolute atomic E-state index is 0.0581. The molecule has 0 N–H and O–H groups in total. The van der Waals surface area contributed by atoms with Gasteiger partial charge in [0.1, 0.15) is 6.04 Å². The summed E-state index contributed by atoms with van der Waals surface area (Å²) in [5.41, 5.74) is 1.26. The first-order valence-electron chi connectivity index (χ1n) is 6.08. The molecule has 1 saturated heterocycles. The number of hydrogen-bond acceptors (Lipinski definition) is 2. The lowest BCUT2D eigenvalue weighted by atomic mass is 10.0. The maximum Gasteiger partial charge on any atom is 0.102 e. The van der Waals surface area contributed by atoms with Crippen molar-refractivity contribution >= 4 is 0 Å². The van der Waals surface area contributed by atoms with E-state index in [2.05, 4.69) is 23.1 Å². The van der Waals surface area contributed by atoms with E-state index in [1.54, 1.807) is 0 Å². The molecule has 1 heterocycles. The monoisotopic (exact) mass is 214 g/mol. The second kappa shape index (κ2) is 5.67. The lowest BCUT2D eigenvalue weighted by molar-refractivity contribution is 0.194. The molecule has 0 spiro atoms. The second-order valence-electron chi connectivity index (χ2n) is 4.43. The van der Waals surface area contributed by atoms with Crippen LogP contribution in [-0.4, -0.2) is 24.0 Å². The van der Waals surface area contributed by atoms with Crippen LogP contribution in [-0.2, 0) is 6.42 Å². The molecule has 84 valence electrons. The molecule has 1 aromatic carbocycles. The molecule has 0 unspecified atom stereocenters. The Morgan fingerprint density at radius 1 is 1.12 bits per heavy atom. The number of benzene rings is 1. The molecule has 1 aliphatic heterocycles. The van der Waals surface area contributed by atoms with Crippen molar-refractivity contribution < 1.29 is 0 Å². The van der Waals surface area contributed by atoms with E-state index in [1.165, 1.54) is 24.8 Å². The van der Waals surface area contributed by atoms with Crippen LogP contribution in [0.1, 0.15) is 24.8 Å². The highest BCUT2D eigenvalue weighted by Crippen LogP contribution is 2.15. The highest BCUT2D eigenvalue weighted by atomic mass is 15.2. The minimum atomic E-state index is 0.0581. The van der Waals surface area contributed by atoms with E-state index in [0.717, 1.165) is 19.5 Å². The Hall–Kier alpha value is -1.33. The van der Waals surface area contributed by atoms with Crippen LogP contribution in [0.25, 0.3) is 0 Å². The fraction of sp³-hybridized carbons (Fsp3) is 0.500. The Morgan fingerprint density at radius 3 is 2.44 bits per heavy atom. The van der Waals surface area contributed by atoms with Crippen LogP contribution >= 0.6 is 0 Å². The highest BCUT2D eigenvalue weighted by Gasteiger charge is 2.20. The average molecular weight is 214 g/mol. The molecule has 16 heavy (non-hydrogen) atoms. The van der Waals surface area contributed by atoms with Gasteiger partial charge in [-0.3, -0.25) is 4.90 Å². The molecule has 0 aromatic heterocycles. The number of piperidine rings is 1. The largest absolute Gasteiger partial charge is 0.288 e. The third-order valence-electron chi connectivity index (χ3n) is 3.25. The van der Waals surface area contributed by atoms with Crippen LogP contribution in [0.3, 0.4) is 0 Å². The summed E-state index contributed by atoms with van der Waals surface area (Å²) < 4.78 is 0. The fourth-order valence-corrected chi connectivity index (χ4v) is 2.32. The van der Waals surface area contributed by atoms with E-state index in [0.29, 0.717) is 0 Å². The standard InChI is InChI=1S/C14H18N2/c15-12-14(16-9-5-2-6-10-16)11-13-7-3-1-4-8-13/h1,3-4,7-8,14H,2,5-6,9-11H2/t14-/m1/s1. The van der Waals surface area contributed by atoms with Crippen LogP contribution in [0.5, 0.6) is 0 Å². The Balaban J connectivity index is 1.98. The molecule has 0 amide bonds.